The summed E-state index contributed by atoms with van der Waals surface area (Å²) in [6.07, 6.45) is 2.18. The van der Waals surface area contributed by atoms with Crippen molar-refractivity contribution in [1.29, 1.82) is 0 Å². The van der Waals surface area contributed by atoms with Crippen molar-refractivity contribution in [3.63, 3.8) is 0 Å². The predicted molar refractivity (Wildman–Crippen MR) is 75.3 cm³/mol. The Hall–Kier alpha value is -1.07. The van der Waals surface area contributed by atoms with E-state index in [4.69, 9.17) is 0 Å². The molecule has 0 bridgehead atoms. The van der Waals surface area contributed by atoms with Crippen LogP contribution in [0.1, 0.15) is 44.3 Å². The van der Waals surface area contributed by atoms with Crippen molar-refractivity contribution in [3.8, 4) is 0 Å². The molecule has 1 N–H and O–H groups in total. The number of nitrogens with zero attached hydrogens (tertiary/aromatic N) is 1. The highest BCUT2D eigenvalue weighted by molar-refractivity contribution is 5.26. The number of halogens is 3. The molecule has 3 unspecified atom stereocenters. The van der Waals surface area contributed by atoms with Gasteiger partial charge in [0.15, 0.2) is 17.5 Å². The van der Waals surface area contributed by atoms with E-state index in [-0.39, 0.29) is 5.56 Å². The number of likely N-dealkylation sites (N-methyl/N-ethyl adjacent to an activating group) is 1. The minimum atomic E-state index is -1.52. The summed E-state index contributed by atoms with van der Waals surface area (Å²) in [5, 5.41) is 10.7. The van der Waals surface area contributed by atoms with E-state index in [0.717, 1.165) is 25.0 Å². The van der Waals surface area contributed by atoms with Gasteiger partial charge in [0.2, 0.25) is 0 Å². The molecule has 1 fully saturated rings. The Bertz CT molecular complexity index is 520. The Morgan fingerprint density at radius 2 is 1.90 bits per heavy atom. The molecule has 2 nitrogen and oxygen atoms in total. The summed E-state index contributed by atoms with van der Waals surface area (Å²) < 4.78 is 40.5. The molecule has 1 aliphatic carbocycles. The van der Waals surface area contributed by atoms with Crippen LogP contribution >= 0.6 is 0 Å². The van der Waals surface area contributed by atoms with Crippen molar-refractivity contribution in [2.75, 3.05) is 14.1 Å². The minimum Gasteiger partial charge on any atom is -0.386 e. The van der Waals surface area contributed by atoms with Crippen molar-refractivity contribution < 1.29 is 18.3 Å². The molecule has 0 saturated heterocycles. The van der Waals surface area contributed by atoms with E-state index in [2.05, 4.69) is 6.92 Å². The maximum atomic E-state index is 14.0. The Balaban J connectivity index is 2.44. The number of benzene rings is 1. The van der Waals surface area contributed by atoms with Crippen LogP contribution in [0, 0.1) is 23.4 Å². The first kappa shape index (κ1) is 16.3. The van der Waals surface area contributed by atoms with Gasteiger partial charge >= 0.3 is 0 Å². The van der Waals surface area contributed by atoms with Gasteiger partial charge in [0.05, 0.1) is 5.54 Å². The Morgan fingerprint density at radius 1 is 1.24 bits per heavy atom. The molecule has 3 atom stereocenters. The molecule has 0 amide bonds. The second-order valence-electron chi connectivity index (χ2n) is 6.37. The van der Waals surface area contributed by atoms with Crippen LogP contribution in [-0.4, -0.2) is 29.6 Å². The lowest BCUT2D eigenvalue weighted by Crippen LogP contribution is -2.52. The topological polar surface area (TPSA) is 23.5 Å². The molecule has 118 valence electrons. The van der Waals surface area contributed by atoms with Gasteiger partial charge in [-0.3, -0.25) is 0 Å². The lowest BCUT2D eigenvalue weighted by atomic mass is 9.70. The molecule has 0 spiro atoms. The Labute approximate surface area is 123 Å². The number of rotatable bonds is 3. The summed E-state index contributed by atoms with van der Waals surface area (Å²) in [5.74, 6) is -3.66. The Kier molecular flexibility index (Phi) is 4.63. The third-order valence-electron chi connectivity index (χ3n) is 4.77. The first-order valence-electron chi connectivity index (χ1n) is 7.28. The average molecular weight is 301 g/mol. The monoisotopic (exact) mass is 301 g/mol. The highest BCUT2D eigenvalue weighted by Gasteiger charge is 2.45. The van der Waals surface area contributed by atoms with Gasteiger partial charge in [-0.1, -0.05) is 25.8 Å². The minimum absolute atomic E-state index is 0.170. The maximum absolute atomic E-state index is 14.0. The number of hydrogen-bond donors (Lipinski definition) is 1. The second kappa shape index (κ2) is 5.97. The highest BCUT2D eigenvalue weighted by atomic mass is 19.2. The zero-order chi connectivity index (χ0) is 15.8. The summed E-state index contributed by atoms with van der Waals surface area (Å²) in [5.41, 5.74) is -0.820. The molecular formula is C16H22F3NO. The zero-order valence-corrected chi connectivity index (χ0v) is 12.7. The molecule has 2 rings (SSSR count). The molecule has 1 aliphatic rings. The van der Waals surface area contributed by atoms with E-state index in [1.807, 2.05) is 19.0 Å². The summed E-state index contributed by atoms with van der Waals surface area (Å²) in [6, 6.07) is 2.01. The van der Waals surface area contributed by atoms with Crippen molar-refractivity contribution in [2.24, 2.45) is 5.92 Å². The van der Waals surface area contributed by atoms with E-state index in [0.29, 0.717) is 18.8 Å². The van der Waals surface area contributed by atoms with Crippen LogP contribution in [0.5, 0.6) is 0 Å². The van der Waals surface area contributed by atoms with E-state index in [1.165, 1.54) is 0 Å². The summed E-state index contributed by atoms with van der Waals surface area (Å²) >= 11 is 0. The van der Waals surface area contributed by atoms with Crippen LogP contribution in [0.2, 0.25) is 0 Å². The largest absolute Gasteiger partial charge is 0.386 e. The molecule has 21 heavy (non-hydrogen) atoms. The van der Waals surface area contributed by atoms with E-state index in [9.17, 15) is 18.3 Å². The smallest absolute Gasteiger partial charge is 0.194 e. The average Bonchev–Trinajstić information content (AvgIpc) is 2.44. The SMILES string of the molecule is CC1CCCC(C(O)c2ccc(F)c(F)c2F)(N(C)C)C1. The van der Waals surface area contributed by atoms with Gasteiger partial charge in [-0.2, -0.15) is 0 Å². The molecule has 1 saturated carbocycles. The molecular weight excluding hydrogens is 279 g/mol. The third kappa shape index (κ3) is 2.81. The molecule has 0 aliphatic heterocycles. The van der Waals surface area contributed by atoms with Gasteiger partial charge in [0.25, 0.3) is 0 Å². The van der Waals surface area contributed by atoms with Crippen molar-refractivity contribution >= 4 is 0 Å². The molecule has 1 aromatic carbocycles. The van der Waals surface area contributed by atoms with Crippen LogP contribution in [0.25, 0.3) is 0 Å². The van der Waals surface area contributed by atoms with Gasteiger partial charge in [-0.15, -0.1) is 0 Å². The number of aliphatic hydroxyl groups excluding tert-OH is 1. The molecule has 0 aromatic heterocycles. The zero-order valence-electron chi connectivity index (χ0n) is 12.7. The van der Waals surface area contributed by atoms with Crippen molar-refractivity contribution in [1.82, 2.24) is 4.90 Å². The lowest BCUT2D eigenvalue weighted by Gasteiger charge is -2.48. The highest BCUT2D eigenvalue weighted by Crippen LogP contribution is 2.44. The first-order chi connectivity index (χ1) is 9.79. The Morgan fingerprint density at radius 3 is 2.48 bits per heavy atom. The van der Waals surface area contributed by atoms with Crippen LogP contribution in [0.4, 0.5) is 13.2 Å². The molecule has 0 radical (unpaired) electrons. The van der Waals surface area contributed by atoms with Gasteiger partial charge in [0.1, 0.15) is 6.10 Å². The van der Waals surface area contributed by atoms with Gasteiger partial charge < -0.3 is 10.0 Å². The standard InChI is InChI=1S/C16H22F3NO/c1-10-5-4-8-16(9-10,20(2)3)15(21)11-6-7-12(17)14(19)13(11)18/h6-7,10,15,21H,4-5,8-9H2,1-3H3. The fraction of sp³-hybridized carbons (Fsp3) is 0.625. The van der Waals surface area contributed by atoms with E-state index >= 15 is 0 Å². The molecule has 0 heterocycles. The van der Waals surface area contributed by atoms with Crippen molar-refractivity contribution in [2.45, 2.75) is 44.2 Å². The maximum Gasteiger partial charge on any atom is 0.194 e. The second-order valence-corrected chi connectivity index (χ2v) is 6.37. The van der Waals surface area contributed by atoms with Crippen LogP contribution in [0.3, 0.4) is 0 Å². The van der Waals surface area contributed by atoms with Crippen LogP contribution < -0.4 is 0 Å². The van der Waals surface area contributed by atoms with Crippen LogP contribution in [-0.2, 0) is 0 Å². The third-order valence-corrected chi connectivity index (χ3v) is 4.77. The first-order valence-corrected chi connectivity index (χ1v) is 7.28. The molecule has 5 heteroatoms. The van der Waals surface area contributed by atoms with Crippen LogP contribution in [0.15, 0.2) is 12.1 Å². The molecule has 1 aromatic rings. The van der Waals surface area contributed by atoms with E-state index in [1.54, 1.807) is 0 Å². The van der Waals surface area contributed by atoms with Gasteiger partial charge in [-0.05, 0) is 38.9 Å². The van der Waals surface area contributed by atoms with E-state index < -0.39 is 29.1 Å². The van der Waals surface area contributed by atoms with Crippen molar-refractivity contribution in [3.05, 3.63) is 35.1 Å². The quantitative estimate of drug-likeness (QED) is 0.862. The lowest BCUT2D eigenvalue weighted by molar-refractivity contribution is -0.0469. The fourth-order valence-corrected chi connectivity index (χ4v) is 3.50. The normalized spacial score (nSPS) is 27.9. The fourth-order valence-electron chi connectivity index (χ4n) is 3.50. The summed E-state index contributed by atoms with van der Waals surface area (Å²) in [7, 11) is 3.66. The number of hydrogen-bond acceptors (Lipinski definition) is 2. The predicted octanol–water partition coefficient (Wildman–Crippen LogP) is 3.65. The summed E-state index contributed by atoms with van der Waals surface area (Å²) in [6.45, 7) is 2.09. The summed E-state index contributed by atoms with van der Waals surface area (Å²) in [4.78, 5) is 1.88. The van der Waals surface area contributed by atoms with Gasteiger partial charge in [-0.25, -0.2) is 13.2 Å². The van der Waals surface area contributed by atoms with Gasteiger partial charge in [0, 0.05) is 5.56 Å². The number of aliphatic hydroxyl groups is 1.